The van der Waals surface area contributed by atoms with Crippen LogP contribution in [-0.2, 0) is 4.79 Å². The van der Waals surface area contributed by atoms with Crippen molar-refractivity contribution >= 4 is 17.6 Å². The zero-order chi connectivity index (χ0) is 12.8. The Kier molecular flexibility index (Phi) is 4.12. The number of terminal acetylenes is 1. The van der Waals surface area contributed by atoms with Gasteiger partial charge in [-0.1, -0.05) is 6.07 Å². The molecule has 0 aliphatic carbocycles. The number of nitrogen functional groups attached to an aromatic ring is 1. The largest absolute Gasteiger partial charge is 0.480 e. The van der Waals surface area contributed by atoms with Gasteiger partial charge in [0.05, 0.1) is 0 Å². The second-order valence-electron chi connectivity index (χ2n) is 3.40. The lowest BCUT2D eigenvalue weighted by Gasteiger charge is -2.11. The molecular formula is C12H12N2O3. The van der Waals surface area contributed by atoms with Crippen molar-refractivity contribution in [1.82, 2.24) is 5.32 Å². The van der Waals surface area contributed by atoms with E-state index in [1.54, 1.807) is 18.2 Å². The maximum Gasteiger partial charge on any atom is 0.327 e. The van der Waals surface area contributed by atoms with Crippen molar-refractivity contribution in [1.29, 1.82) is 0 Å². The van der Waals surface area contributed by atoms with Crippen molar-refractivity contribution in [2.75, 3.05) is 5.73 Å². The highest BCUT2D eigenvalue weighted by Crippen LogP contribution is 2.07. The SMILES string of the molecule is C#CCC(NC(=O)c1cccc(N)c1)C(=O)O. The summed E-state index contributed by atoms with van der Waals surface area (Å²) in [5, 5.41) is 11.1. The van der Waals surface area contributed by atoms with Crippen molar-refractivity contribution in [3.05, 3.63) is 29.8 Å². The summed E-state index contributed by atoms with van der Waals surface area (Å²) < 4.78 is 0. The number of nitrogens with one attached hydrogen (secondary N) is 1. The van der Waals surface area contributed by atoms with E-state index in [1.807, 2.05) is 0 Å². The topological polar surface area (TPSA) is 92.4 Å². The predicted octanol–water partition coefficient (Wildman–Crippen LogP) is 0.475. The molecular weight excluding hydrogens is 220 g/mol. The van der Waals surface area contributed by atoms with E-state index in [2.05, 4.69) is 11.2 Å². The molecule has 1 aromatic rings. The van der Waals surface area contributed by atoms with E-state index in [9.17, 15) is 9.59 Å². The first-order chi connectivity index (χ1) is 8.04. The maximum atomic E-state index is 11.7. The molecule has 5 heteroatoms. The molecule has 1 rings (SSSR count). The number of carboxylic acid groups (broad SMARTS) is 1. The van der Waals surface area contributed by atoms with E-state index in [0.29, 0.717) is 11.3 Å². The Bertz CT molecular complexity index is 477. The Morgan fingerprint density at radius 2 is 2.24 bits per heavy atom. The molecule has 17 heavy (non-hydrogen) atoms. The van der Waals surface area contributed by atoms with Gasteiger partial charge in [0.1, 0.15) is 6.04 Å². The van der Waals surface area contributed by atoms with Gasteiger partial charge in [0.2, 0.25) is 0 Å². The number of benzene rings is 1. The molecule has 5 nitrogen and oxygen atoms in total. The molecule has 0 saturated carbocycles. The fraction of sp³-hybridized carbons (Fsp3) is 0.167. The Morgan fingerprint density at radius 1 is 1.53 bits per heavy atom. The van der Waals surface area contributed by atoms with E-state index in [0.717, 1.165) is 0 Å². The molecule has 88 valence electrons. The van der Waals surface area contributed by atoms with Gasteiger partial charge >= 0.3 is 5.97 Å². The molecule has 0 spiro atoms. The third-order valence-corrected chi connectivity index (χ3v) is 2.07. The molecule has 0 aromatic heterocycles. The smallest absolute Gasteiger partial charge is 0.327 e. The number of hydrogen-bond donors (Lipinski definition) is 3. The fourth-order valence-electron chi connectivity index (χ4n) is 1.24. The van der Waals surface area contributed by atoms with Crippen LogP contribution in [0, 0.1) is 12.3 Å². The van der Waals surface area contributed by atoms with Crippen molar-refractivity contribution in [2.45, 2.75) is 12.5 Å². The molecule has 1 atom stereocenters. The van der Waals surface area contributed by atoms with E-state index in [4.69, 9.17) is 17.3 Å². The van der Waals surface area contributed by atoms with Gasteiger partial charge < -0.3 is 16.2 Å². The quantitative estimate of drug-likeness (QED) is 0.520. The number of carbonyl (C=O) groups excluding carboxylic acids is 1. The highest BCUT2D eigenvalue weighted by molar-refractivity contribution is 5.97. The summed E-state index contributed by atoms with van der Waals surface area (Å²) in [4.78, 5) is 22.5. The molecule has 1 amide bonds. The zero-order valence-corrected chi connectivity index (χ0v) is 9.01. The molecule has 0 aliphatic heterocycles. The Labute approximate surface area is 98.6 Å². The number of carbonyl (C=O) groups is 2. The number of hydrogen-bond acceptors (Lipinski definition) is 3. The monoisotopic (exact) mass is 232 g/mol. The third-order valence-electron chi connectivity index (χ3n) is 2.07. The van der Waals surface area contributed by atoms with E-state index in [-0.39, 0.29) is 6.42 Å². The van der Waals surface area contributed by atoms with Crippen LogP contribution in [0.2, 0.25) is 0 Å². The highest BCUT2D eigenvalue weighted by atomic mass is 16.4. The predicted molar refractivity (Wildman–Crippen MR) is 63.2 cm³/mol. The average molecular weight is 232 g/mol. The van der Waals surface area contributed by atoms with Gasteiger partial charge in [-0.15, -0.1) is 12.3 Å². The first kappa shape index (κ1) is 12.6. The van der Waals surface area contributed by atoms with Crippen LogP contribution < -0.4 is 11.1 Å². The van der Waals surface area contributed by atoms with Crippen molar-refractivity contribution in [3.63, 3.8) is 0 Å². The highest BCUT2D eigenvalue weighted by Gasteiger charge is 2.19. The summed E-state index contributed by atoms with van der Waals surface area (Å²) >= 11 is 0. The van der Waals surface area contributed by atoms with Crippen LogP contribution in [-0.4, -0.2) is 23.0 Å². The number of amides is 1. The van der Waals surface area contributed by atoms with Crippen LogP contribution in [0.15, 0.2) is 24.3 Å². The standard InChI is InChI=1S/C12H12N2O3/c1-2-4-10(12(16)17)14-11(15)8-5-3-6-9(13)7-8/h1,3,5-7,10H,4,13H2,(H,14,15)(H,16,17). The summed E-state index contributed by atoms with van der Waals surface area (Å²) in [5.74, 6) is 0.517. The average Bonchev–Trinajstić information content (AvgIpc) is 2.28. The molecule has 0 aliphatic rings. The first-order valence-corrected chi connectivity index (χ1v) is 4.87. The number of rotatable bonds is 4. The zero-order valence-electron chi connectivity index (χ0n) is 9.01. The number of nitrogens with two attached hydrogens (primary N) is 1. The second kappa shape index (κ2) is 5.56. The summed E-state index contributed by atoms with van der Waals surface area (Å²) in [7, 11) is 0. The van der Waals surface area contributed by atoms with Crippen LogP contribution in [0.25, 0.3) is 0 Å². The number of anilines is 1. The van der Waals surface area contributed by atoms with Crippen molar-refractivity contribution < 1.29 is 14.7 Å². The number of carboxylic acids is 1. The molecule has 4 N–H and O–H groups in total. The minimum Gasteiger partial charge on any atom is -0.480 e. The van der Waals surface area contributed by atoms with Gasteiger partial charge in [-0.3, -0.25) is 4.79 Å². The van der Waals surface area contributed by atoms with Gasteiger partial charge in [0.15, 0.2) is 0 Å². The second-order valence-corrected chi connectivity index (χ2v) is 3.40. The van der Waals surface area contributed by atoms with Crippen LogP contribution >= 0.6 is 0 Å². The Morgan fingerprint density at radius 3 is 2.76 bits per heavy atom. The van der Waals surface area contributed by atoms with Crippen LogP contribution in [0.4, 0.5) is 5.69 Å². The molecule has 0 bridgehead atoms. The van der Waals surface area contributed by atoms with E-state index in [1.165, 1.54) is 6.07 Å². The van der Waals surface area contributed by atoms with Crippen molar-refractivity contribution in [2.24, 2.45) is 0 Å². The minimum atomic E-state index is -1.17. The van der Waals surface area contributed by atoms with Crippen LogP contribution in [0.5, 0.6) is 0 Å². The summed E-state index contributed by atoms with van der Waals surface area (Å²) in [5.41, 5.74) is 6.25. The summed E-state index contributed by atoms with van der Waals surface area (Å²) in [6.07, 6.45) is 4.96. The van der Waals surface area contributed by atoms with Gasteiger partial charge in [-0.25, -0.2) is 4.79 Å². The molecule has 0 radical (unpaired) electrons. The van der Waals surface area contributed by atoms with Gasteiger partial charge in [0.25, 0.3) is 5.91 Å². The fourth-order valence-corrected chi connectivity index (χ4v) is 1.24. The molecule has 0 heterocycles. The number of aliphatic carboxylic acids is 1. The third kappa shape index (κ3) is 3.54. The lowest BCUT2D eigenvalue weighted by atomic mass is 10.1. The first-order valence-electron chi connectivity index (χ1n) is 4.87. The van der Waals surface area contributed by atoms with Gasteiger partial charge in [-0.05, 0) is 18.2 Å². The van der Waals surface area contributed by atoms with E-state index >= 15 is 0 Å². The van der Waals surface area contributed by atoms with Crippen LogP contribution in [0.1, 0.15) is 16.8 Å². The van der Waals surface area contributed by atoms with Crippen LogP contribution in [0.3, 0.4) is 0 Å². The summed E-state index contributed by atoms with van der Waals surface area (Å²) in [6.45, 7) is 0. The normalized spacial score (nSPS) is 11.2. The maximum absolute atomic E-state index is 11.7. The Balaban J connectivity index is 2.78. The molecule has 0 fully saturated rings. The van der Waals surface area contributed by atoms with Gasteiger partial charge in [-0.2, -0.15) is 0 Å². The lowest BCUT2D eigenvalue weighted by Crippen LogP contribution is -2.40. The van der Waals surface area contributed by atoms with E-state index < -0.39 is 17.9 Å². The molecule has 1 aromatic carbocycles. The molecule has 1 unspecified atom stereocenters. The lowest BCUT2D eigenvalue weighted by molar-refractivity contribution is -0.139. The van der Waals surface area contributed by atoms with Gasteiger partial charge in [0, 0.05) is 17.7 Å². The summed E-state index contributed by atoms with van der Waals surface area (Å²) in [6, 6.07) is 5.16. The molecule has 0 saturated heterocycles. The van der Waals surface area contributed by atoms with Crippen molar-refractivity contribution in [3.8, 4) is 12.3 Å². The minimum absolute atomic E-state index is 0.0661. The Hall–Kier alpha value is -2.48.